The van der Waals surface area contributed by atoms with Gasteiger partial charge in [0.25, 0.3) is 0 Å². The highest BCUT2D eigenvalue weighted by molar-refractivity contribution is 8.24. The Kier molecular flexibility index (Phi) is 10.2. The number of thioether (sulfide) groups is 1. The fourth-order valence-corrected chi connectivity index (χ4v) is 7.64. The molecule has 0 radical (unpaired) electrons. The fourth-order valence-electron chi connectivity index (χ4n) is 4.91. The first-order valence-electron chi connectivity index (χ1n) is 12.6. The molecule has 0 saturated heterocycles. The number of unbranched alkanes of at least 4 members (excludes halogenated alkanes) is 2. The van der Waals surface area contributed by atoms with Crippen LogP contribution >= 0.6 is 22.4 Å². The van der Waals surface area contributed by atoms with Gasteiger partial charge in [0.2, 0.25) is 0 Å². The van der Waals surface area contributed by atoms with Crippen molar-refractivity contribution in [3.63, 3.8) is 0 Å². The number of anilines is 2. The van der Waals surface area contributed by atoms with E-state index >= 15 is 0 Å². The second-order valence-corrected chi connectivity index (χ2v) is 12.4. The Bertz CT molecular complexity index is 1080. The lowest BCUT2D eigenvalue weighted by atomic mass is 9.79. The molecular formula is C28H39NO6S2. The van der Waals surface area contributed by atoms with Crippen molar-refractivity contribution in [1.82, 2.24) is 0 Å². The van der Waals surface area contributed by atoms with Gasteiger partial charge in [0.15, 0.2) is 0 Å². The van der Waals surface area contributed by atoms with Gasteiger partial charge in [-0.15, -0.1) is 11.8 Å². The largest absolute Gasteiger partial charge is 0.497 e. The number of hydrogen-bond donors (Lipinski definition) is 3. The number of nitrogens with zero attached hydrogens (tertiary/aromatic N) is 1. The molecule has 2 aromatic carbocycles. The monoisotopic (exact) mass is 549 g/mol. The van der Waals surface area contributed by atoms with E-state index in [0.717, 1.165) is 72.9 Å². The highest BCUT2D eigenvalue weighted by atomic mass is 32.3. The maximum atomic E-state index is 11.7. The van der Waals surface area contributed by atoms with Gasteiger partial charge in [-0.2, -0.15) is 10.6 Å². The van der Waals surface area contributed by atoms with Gasteiger partial charge < -0.3 is 19.5 Å². The highest BCUT2D eigenvalue weighted by Gasteiger charge is 2.42. The molecule has 0 spiro atoms. The summed E-state index contributed by atoms with van der Waals surface area (Å²) < 4.78 is 34.5. The number of rotatable bonds is 12. The molecule has 1 heterocycles. The summed E-state index contributed by atoms with van der Waals surface area (Å²) in [4.78, 5) is 14.4. The number of carboxylic acids is 1. The summed E-state index contributed by atoms with van der Waals surface area (Å²) in [6.07, 6.45) is 9.83. The number of ether oxygens (including phenoxy) is 2. The first-order chi connectivity index (χ1) is 17.7. The second kappa shape index (κ2) is 13.0. The molecule has 3 rings (SSSR count). The molecule has 9 heteroatoms. The van der Waals surface area contributed by atoms with Crippen LogP contribution in [0.1, 0.15) is 52.4 Å². The quantitative estimate of drug-likeness (QED) is 0.139. The highest BCUT2D eigenvalue weighted by Crippen LogP contribution is 2.62. The van der Waals surface area contributed by atoms with E-state index in [2.05, 4.69) is 18.7 Å². The number of fused-ring (bicyclic) bond motifs is 1. The Morgan fingerprint density at radius 2 is 1.78 bits per heavy atom. The predicted octanol–water partition coefficient (Wildman–Crippen LogP) is 8.02. The normalized spacial score (nSPS) is 17.2. The molecule has 3 N–H and O–H groups in total. The molecule has 0 aliphatic carbocycles. The molecule has 0 bridgehead atoms. The van der Waals surface area contributed by atoms with Gasteiger partial charge in [-0.1, -0.05) is 39.5 Å². The number of hydrogen-bond acceptors (Lipinski definition) is 7. The van der Waals surface area contributed by atoms with Gasteiger partial charge >= 0.3 is 5.97 Å². The third kappa shape index (κ3) is 7.16. The van der Waals surface area contributed by atoms with Crippen LogP contribution in [0.4, 0.5) is 11.4 Å². The zero-order chi connectivity index (χ0) is 27.1. The average molecular weight is 550 g/mol. The van der Waals surface area contributed by atoms with Gasteiger partial charge in [-0.25, -0.2) is 4.79 Å². The van der Waals surface area contributed by atoms with Crippen LogP contribution in [0.5, 0.6) is 11.5 Å². The number of carboxylic acid groups (broad SMARTS) is 1. The SMILES string of the molecule is CCCCC1(CCCC)CN(c2ccc(OC)cc2)c2cc(SC)c(OC=CC(=O)O)cc2S(O)(O)C1. The zero-order valence-electron chi connectivity index (χ0n) is 22.1. The maximum Gasteiger partial charge on any atom is 0.331 e. The molecule has 0 atom stereocenters. The summed E-state index contributed by atoms with van der Waals surface area (Å²) in [5.41, 5.74) is 1.40. The molecule has 7 nitrogen and oxygen atoms in total. The van der Waals surface area contributed by atoms with Crippen molar-refractivity contribution in [2.45, 2.75) is 62.2 Å². The number of aliphatic carboxylic acids is 1. The predicted molar refractivity (Wildman–Crippen MR) is 153 cm³/mol. The van der Waals surface area contributed by atoms with Crippen molar-refractivity contribution in [3.8, 4) is 11.5 Å². The molecule has 0 fully saturated rings. The van der Waals surface area contributed by atoms with E-state index in [1.807, 2.05) is 36.6 Å². The van der Waals surface area contributed by atoms with Crippen LogP contribution in [0.2, 0.25) is 0 Å². The Hall–Kier alpha value is -2.33. The van der Waals surface area contributed by atoms with Gasteiger partial charge in [0.1, 0.15) is 11.5 Å². The molecule has 2 aromatic rings. The maximum absolute atomic E-state index is 11.7. The Morgan fingerprint density at radius 3 is 2.32 bits per heavy atom. The van der Waals surface area contributed by atoms with Crippen LogP contribution in [0, 0.1) is 5.41 Å². The molecular weight excluding hydrogens is 510 g/mol. The second-order valence-electron chi connectivity index (χ2n) is 9.53. The van der Waals surface area contributed by atoms with E-state index in [1.54, 1.807) is 13.2 Å². The summed E-state index contributed by atoms with van der Waals surface area (Å²) in [7, 11) is -1.55. The third-order valence-electron chi connectivity index (χ3n) is 6.80. The minimum atomic E-state index is -3.19. The Morgan fingerprint density at radius 1 is 1.14 bits per heavy atom. The Balaban J connectivity index is 2.22. The summed E-state index contributed by atoms with van der Waals surface area (Å²) >= 11 is 1.46. The fraction of sp³-hybridized carbons (Fsp3) is 0.464. The van der Waals surface area contributed by atoms with Crippen molar-refractivity contribution >= 4 is 39.7 Å². The summed E-state index contributed by atoms with van der Waals surface area (Å²) in [6.45, 7) is 4.99. The molecule has 0 saturated carbocycles. The first-order valence-corrected chi connectivity index (χ1v) is 15.6. The Labute approximate surface area is 226 Å². The van der Waals surface area contributed by atoms with E-state index < -0.39 is 16.6 Å². The van der Waals surface area contributed by atoms with Crippen molar-refractivity contribution in [3.05, 3.63) is 48.7 Å². The van der Waals surface area contributed by atoms with Crippen LogP contribution in [-0.4, -0.2) is 45.8 Å². The van der Waals surface area contributed by atoms with E-state index in [4.69, 9.17) is 14.6 Å². The molecule has 0 amide bonds. The molecule has 0 unspecified atom stereocenters. The smallest absolute Gasteiger partial charge is 0.331 e. The number of methoxy groups -OCH3 is 1. The van der Waals surface area contributed by atoms with E-state index in [9.17, 15) is 13.9 Å². The van der Waals surface area contributed by atoms with Crippen LogP contribution in [0.3, 0.4) is 0 Å². The van der Waals surface area contributed by atoms with E-state index in [0.29, 0.717) is 17.2 Å². The van der Waals surface area contributed by atoms with Gasteiger partial charge in [0, 0.05) is 29.5 Å². The standard InChI is InChI=1S/C28H39NO6S2/c1-5-7-14-28(15-8-6-2)19-29(21-9-11-22(34-3)12-10-21)23-17-25(36-4)24(35-16-13-27(30)31)18-26(23)37(32,33)20-28/h9-13,16-18,32-33H,5-8,14-15,19-20H2,1-4H3,(H,30,31). The molecule has 204 valence electrons. The van der Waals surface area contributed by atoms with Crippen molar-refractivity contribution in [1.29, 1.82) is 0 Å². The van der Waals surface area contributed by atoms with Crippen molar-refractivity contribution in [2.75, 3.05) is 30.6 Å². The molecule has 37 heavy (non-hydrogen) atoms. The molecule has 1 aliphatic rings. The van der Waals surface area contributed by atoms with Crippen molar-refractivity contribution in [2.24, 2.45) is 5.41 Å². The van der Waals surface area contributed by atoms with Crippen LogP contribution in [0.15, 0.2) is 58.5 Å². The summed E-state index contributed by atoms with van der Waals surface area (Å²) in [6, 6.07) is 11.4. The summed E-state index contributed by atoms with van der Waals surface area (Å²) in [5, 5.41) is 8.96. The number of carbonyl (C=O) groups is 1. The van der Waals surface area contributed by atoms with Gasteiger partial charge in [0.05, 0.1) is 34.9 Å². The third-order valence-corrected chi connectivity index (χ3v) is 9.61. The molecule has 0 aromatic heterocycles. The molecule has 1 aliphatic heterocycles. The topological polar surface area (TPSA) is 99.5 Å². The minimum absolute atomic E-state index is 0.280. The van der Waals surface area contributed by atoms with Crippen molar-refractivity contribution < 1.29 is 28.5 Å². The lowest BCUT2D eigenvalue weighted by Crippen LogP contribution is -2.37. The van der Waals surface area contributed by atoms with E-state index in [-0.39, 0.29) is 11.2 Å². The average Bonchev–Trinajstić information content (AvgIpc) is 2.97. The van der Waals surface area contributed by atoms with Crippen LogP contribution in [0.25, 0.3) is 0 Å². The van der Waals surface area contributed by atoms with Gasteiger partial charge in [-0.05, 0) is 49.4 Å². The minimum Gasteiger partial charge on any atom is -0.497 e. The van der Waals surface area contributed by atoms with E-state index in [1.165, 1.54) is 11.8 Å². The van der Waals surface area contributed by atoms with Crippen LogP contribution < -0.4 is 14.4 Å². The first kappa shape index (κ1) is 29.2. The lowest BCUT2D eigenvalue weighted by molar-refractivity contribution is -0.131. The lowest BCUT2D eigenvalue weighted by Gasteiger charge is -2.42. The zero-order valence-corrected chi connectivity index (χ0v) is 23.7. The van der Waals surface area contributed by atoms with Gasteiger partial charge in [-0.3, -0.25) is 9.11 Å². The van der Waals surface area contributed by atoms with Crippen LogP contribution in [-0.2, 0) is 4.79 Å². The number of benzene rings is 2. The summed E-state index contributed by atoms with van der Waals surface area (Å²) in [5.74, 6) is 0.313.